The molecular formula is C9H17N3S. The molecule has 0 aromatic carbocycles. The molecule has 3 nitrogen and oxygen atoms in total. The minimum atomic E-state index is 0.355. The summed E-state index contributed by atoms with van der Waals surface area (Å²) in [5.41, 5.74) is 0. The van der Waals surface area contributed by atoms with E-state index in [2.05, 4.69) is 24.2 Å². The quantitative estimate of drug-likeness (QED) is 0.327. The molecule has 0 aromatic heterocycles. The van der Waals surface area contributed by atoms with Gasteiger partial charge in [0.25, 0.3) is 0 Å². The monoisotopic (exact) mass is 199 g/mol. The van der Waals surface area contributed by atoms with Crippen molar-refractivity contribution >= 4 is 16.9 Å². The van der Waals surface area contributed by atoms with E-state index in [0.717, 1.165) is 24.4 Å². The largest absolute Gasteiger partial charge is 0.272 e. The third-order valence-corrected chi connectivity index (χ3v) is 2.34. The Labute approximate surface area is 84.6 Å². The molecule has 0 amide bonds. The SMILES string of the molecule is CCCC(CC)N=C(NC#N)SC. The molecule has 0 rings (SSSR count). The first-order valence-corrected chi connectivity index (χ1v) is 5.77. The number of nitrogens with zero attached hydrogens (tertiary/aromatic N) is 2. The summed E-state index contributed by atoms with van der Waals surface area (Å²) in [6.07, 6.45) is 7.07. The van der Waals surface area contributed by atoms with Crippen LogP contribution < -0.4 is 5.32 Å². The Kier molecular flexibility index (Phi) is 7.51. The van der Waals surface area contributed by atoms with Gasteiger partial charge in [-0.15, -0.1) is 0 Å². The fourth-order valence-electron chi connectivity index (χ4n) is 1.04. The Balaban J connectivity index is 4.18. The van der Waals surface area contributed by atoms with Gasteiger partial charge in [-0.3, -0.25) is 10.3 Å². The van der Waals surface area contributed by atoms with Crippen LogP contribution in [0.5, 0.6) is 0 Å². The molecule has 4 heteroatoms. The molecule has 1 atom stereocenters. The fourth-order valence-corrected chi connectivity index (χ4v) is 1.45. The van der Waals surface area contributed by atoms with Gasteiger partial charge in [0.1, 0.15) is 0 Å². The second-order valence-corrected chi connectivity index (χ2v) is 3.52. The normalized spacial score (nSPS) is 13.5. The summed E-state index contributed by atoms with van der Waals surface area (Å²) in [5, 5.41) is 11.7. The maximum atomic E-state index is 8.43. The summed E-state index contributed by atoms with van der Waals surface area (Å²) in [6.45, 7) is 4.27. The lowest BCUT2D eigenvalue weighted by atomic mass is 10.1. The van der Waals surface area contributed by atoms with E-state index in [4.69, 9.17) is 5.26 Å². The number of nitriles is 1. The summed E-state index contributed by atoms with van der Waals surface area (Å²) < 4.78 is 0. The van der Waals surface area contributed by atoms with Crippen molar-refractivity contribution < 1.29 is 0 Å². The van der Waals surface area contributed by atoms with Gasteiger partial charge in [-0.05, 0) is 19.1 Å². The molecule has 0 radical (unpaired) electrons. The Morgan fingerprint density at radius 1 is 1.62 bits per heavy atom. The number of amidine groups is 1. The first-order chi connectivity index (χ1) is 6.28. The highest BCUT2D eigenvalue weighted by Gasteiger charge is 2.04. The van der Waals surface area contributed by atoms with Crippen LogP contribution in [0.3, 0.4) is 0 Å². The van der Waals surface area contributed by atoms with E-state index in [1.807, 2.05) is 12.4 Å². The predicted octanol–water partition coefficient (Wildman–Crippen LogP) is 2.35. The molecule has 0 bridgehead atoms. The van der Waals surface area contributed by atoms with Gasteiger partial charge in [0.2, 0.25) is 0 Å². The third kappa shape index (κ3) is 5.53. The van der Waals surface area contributed by atoms with Crippen LogP contribution in [0.15, 0.2) is 4.99 Å². The lowest BCUT2D eigenvalue weighted by molar-refractivity contribution is 0.589. The van der Waals surface area contributed by atoms with Crippen molar-refractivity contribution in [2.24, 2.45) is 4.99 Å². The second kappa shape index (κ2) is 7.93. The first kappa shape index (κ1) is 12.3. The zero-order valence-electron chi connectivity index (χ0n) is 8.50. The predicted molar refractivity (Wildman–Crippen MR) is 58.7 cm³/mol. The summed E-state index contributed by atoms with van der Waals surface area (Å²) in [4.78, 5) is 4.44. The Morgan fingerprint density at radius 3 is 2.69 bits per heavy atom. The summed E-state index contributed by atoms with van der Waals surface area (Å²) in [6, 6.07) is 0.355. The van der Waals surface area contributed by atoms with E-state index >= 15 is 0 Å². The highest BCUT2D eigenvalue weighted by molar-refractivity contribution is 8.13. The van der Waals surface area contributed by atoms with Crippen LogP contribution in [0.25, 0.3) is 0 Å². The van der Waals surface area contributed by atoms with Gasteiger partial charge in [-0.2, -0.15) is 5.26 Å². The highest BCUT2D eigenvalue weighted by atomic mass is 32.2. The summed E-state index contributed by atoms with van der Waals surface area (Å²) in [7, 11) is 0. The van der Waals surface area contributed by atoms with E-state index in [1.54, 1.807) is 0 Å². The van der Waals surface area contributed by atoms with Crippen molar-refractivity contribution in [2.45, 2.75) is 39.2 Å². The van der Waals surface area contributed by atoms with Crippen molar-refractivity contribution in [2.75, 3.05) is 6.26 Å². The van der Waals surface area contributed by atoms with Crippen molar-refractivity contribution in [3.63, 3.8) is 0 Å². The number of rotatable bonds is 4. The smallest absolute Gasteiger partial charge is 0.183 e. The molecule has 0 spiro atoms. The van der Waals surface area contributed by atoms with Gasteiger partial charge in [-0.25, -0.2) is 0 Å². The molecule has 0 fully saturated rings. The van der Waals surface area contributed by atoms with E-state index in [9.17, 15) is 0 Å². The summed E-state index contributed by atoms with van der Waals surface area (Å²) >= 11 is 1.48. The minimum absolute atomic E-state index is 0.355. The average Bonchev–Trinajstić information content (AvgIpc) is 2.16. The lowest BCUT2D eigenvalue weighted by Crippen LogP contribution is -2.17. The molecule has 0 saturated carbocycles. The number of hydrogen-bond acceptors (Lipinski definition) is 3. The van der Waals surface area contributed by atoms with Gasteiger partial charge in [0.15, 0.2) is 11.4 Å². The zero-order valence-corrected chi connectivity index (χ0v) is 9.32. The average molecular weight is 199 g/mol. The lowest BCUT2D eigenvalue weighted by Gasteiger charge is -2.09. The first-order valence-electron chi connectivity index (χ1n) is 4.55. The van der Waals surface area contributed by atoms with Gasteiger partial charge >= 0.3 is 0 Å². The molecule has 0 saturated heterocycles. The van der Waals surface area contributed by atoms with Crippen molar-refractivity contribution in [1.29, 1.82) is 5.26 Å². The third-order valence-electron chi connectivity index (χ3n) is 1.75. The maximum Gasteiger partial charge on any atom is 0.183 e. The zero-order chi connectivity index (χ0) is 10.1. The Bertz CT molecular complexity index is 196. The van der Waals surface area contributed by atoms with Crippen LogP contribution in [-0.2, 0) is 0 Å². The molecule has 1 unspecified atom stereocenters. The molecule has 0 aromatic rings. The van der Waals surface area contributed by atoms with Crippen LogP contribution in [0.4, 0.5) is 0 Å². The molecular weight excluding hydrogens is 182 g/mol. The van der Waals surface area contributed by atoms with E-state index in [-0.39, 0.29) is 0 Å². The molecule has 13 heavy (non-hydrogen) atoms. The Morgan fingerprint density at radius 2 is 2.31 bits per heavy atom. The topological polar surface area (TPSA) is 48.2 Å². The van der Waals surface area contributed by atoms with E-state index < -0.39 is 0 Å². The Hall–Kier alpha value is -0.690. The minimum Gasteiger partial charge on any atom is -0.272 e. The second-order valence-electron chi connectivity index (χ2n) is 2.73. The van der Waals surface area contributed by atoms with E-state index in [0.29, 0.717) is 6.04 Å². The standard InChI is InChI=1S/C9H17N3S/c1-4-6-8(5-2)12-9(13-3)11-7-10/h8H,4-6H2,1-3H3,(H,11,12). The van der Waals surface area contributed by atoms with Crippen LogP contribution in [0, 0.1) is 11.5 Å². The molecule has 0 aliphatic rings. The van der Waals surface area contributed by atoms with E-state index in [1.165, 1.54) is 11.8 Å². The molecule has 74 valence electrons. The summed E-state index contributed by atoms with van der Waals surface area (Å²) in [5.74, 6) is 0. The van der Waals surface area contributed by atoms with Gasteiger partial charge in [0, 0.05) is 0 Å². The molecule has 0 aliphatic heterocycles. The molecule has 1 N–H and O–H groups in total. The number of nitrogens with one attached hydrogen (secondary N) is 1. The van der Waals surface area contributed by atoms with Gasteiger partial charge in [-0.1, -0.05) is 32.0 Å². The molecule has 0 aliphatic carbocycles. The number of aliphatic imine (C=N–C) groups is 1. The maximum absolute atomic E-state index is 8.43. The number of hydrogen-bond donors (Lipinski definition) is 1. The van der Waals surface area contributed by atoms with Gasteiger partial charge < -0.3 is 0 Å². The molecule has 0 heterocycles. The number of thioether (sulfide) groups is 1. The van der Waals surface area contributed by atoms with Crippen LogP contribution in [0.2, 0.25) is 0 Å². The van der Waals surface area contributed by atoms with Crippen LogP contribution >= 0.6 is 11.8 Å². The highest BCUT2D eigenvalue weighted by Crippen LogP contribution is 2.08. The van der Waals surface area contributed by atoms with Crippen molar-refractivity contribution in [1.82, 2.24) is 5.32 Å². The van der Waals surface area contributed by atoms with Crippen LogP contribution in [0.1, 0.15) is 33.1 Å². The fraction of sp³-hybridized carbons (Fsp3) is 0.778. The van der Waals surface area contributed by atoms with Crippen molar-refractivity contribution in [3.8, 4) is 6.19 Å². The van der Waals surface area contributed by atoms with Crippen molar-refractivity contribution in [3.05, 3.63) is 0 Å². The van der Waals surface area contributed by atoms with Gasteiger partial charge in [0.05, 0.1) is 6.04 Å². The van der Waals surface area contributed by atoms with Crippen LogP contribution in [-0.4, -0.2) is 17.5 Å².